The molecular weight excluding hydrogens is 433 g/mol. The number of likely N-dealkylation sites (N-methyl/N-ethyl adjacent to an activating group) is 1. The van der Waals surface area contributed by atoms with Gasteiger partial charge in [0.25, 0.3) is 0 Å². The quantitative estimate of drug-likeness (QED) is 0.374. The number of nitrogens with one attached hydrogen (secondary N) is 1. The van der Waals surface area contributed by atoms with Gasteiger partial charge in [0.1, 0.15) is 23.9 Å². The van der Waals surface area contributed by atoms with Crippen LogP contribution in [0, 0.1) is 0 Å². The maximum absolute atomic E-state index is 5.74. The number of rotatable bonds is 8. The summed E-state index contributed by atoms with van der Waals surface area (Å²) in [7, 11) is 5.41. The van der Waals surface area contributed by atoms with Crippen molar-refractivity contribution in [2.45, 2.75) is 6.42 Å². The van der Waals surface area contributed by atoms with Gasteiger partial charge in [0, 0.05) is 27.1 Å². The molecule has 0 spiro atoms. The fraction of sp³-hybridized carbons (Fsp3) is 0.389. The molecule has 0 amide bonds. The number of hydrogen-bond acceptors (Lipinski definition) is 4. The van der Waals surface area contributed by atoms with Crippen LogP contribution >= 0.6 is 24.0 Å². The SMILES string of the molecule is CN=C(NCCc1ccco1)N(C)CCOc1ccc(OC)cc1.I. The van der Waals surface area contributed by atoms with Gasteiger partial charge in [-0.25, -0.2) is 0 Å². The van der Waals surface area contributed by atoms with Crippen molar-refractivity contribution in [1.82, 2.24) is 10.2 Å². The molecule has 138 valence electrons. The Morgan fingerprint density at radius 1 is 1.20 bits per heavy atom. The Bertz CT molecular complexity index is 615. The van der Waals surface area contributed by atoms with Crippen LogP contribution in [-0.2, 0) is 6.42 Å². The highest BCUT2D eigenvalue weighted by Crippen LogP contribution is 2.16. The Kier molecular flexibility index (Phi) is 9.83. The van der Waals surface area contributed by atoms with E-state index in [9.17, 15) is 0 Å². The topological polar surface area (TPSA) is 59.2 Å². The Hall–Kier alpha value is -1.90. The number of halogens is 1. The van der Waals surface area contributed by atoms with Gasteiger partial charge in [0.15, 0.2) is 5.96 Å². The number of aliphatic imine (C=N–C) groups is 1. The van der Waals surface area contributed by atoms with Crippen molar-refractivity contribution in [3.63, 3.8) is 0 Å². The maximum atomic E-state index is 5.74. The molecule has 25 heavy (non-hydrogen) atoms. The number of hydrogen-bond donors (Lipinski definition) is 1. The summed E-state index contributed by atoms with van der Waals surface area (Å²) < 4.78 is 16.2. The second-order valence-electron chi connectivity index (χ2n) is 5.25. The molecule has 1 aromatic carbocycles. The summed E-state index contributed by atoms with van der Waals surface area (Å²) >= 11 is 0. The van der Waals surface area contributed by atoms with Crippen molar-refractivity contribution in [2.24, 2.45) is 4.99 Å². The summed E-state index contributed by atoms with van der Waals surface area (Å²) in [4.78, 5) is 6.32. The van der Waals surface area contributed by atoms with Gasteiger partial charge < -0.3 is 24.1 Å². The Morgan fingerprint density at radius 3 is 2.52 bits per heavy atom. The molecular formula is C18H26IN3O3. The van der Waals surface area contributed by atoms with Crippen LogP contribution in [0.3, 0.4) is 0 Å². The van der Waals surface area contributed by atoms with E-state index in [4.69, 9.17) is 13.9 Å². The lowest BCUT2D eigenvalue weighted by atomic mass is 10.3. The first-order chi connectivity index (χ1) is 11.7. The molecule has 0 atom stereocenters. The first-order valence-corrected chi connectivity index (χ1v) is 7.94. The smallest absolute Gasteiger partial charge is 0.193 e. The summed E-state index contributed by atoms with van der Waals surface area (Å²) in [6, 6.07) is 11.4. The summed E-state index contributed by atoms with van der Waals surface area (Å²) in [5, 5.41) is 3.32. The number of guanidine groups is 1. The summed E-state index contributed by atoms with van der Waals surface area (Å²) in [6.07, 6.45) is 2.51. The van der Waals surface area contributed by atoms with Crippen LogP contribution in [0.25, 0.3) is 0 Å². The first-order valence-electron chi connectivity index (χ1n) is 7.94. The molecule has 0 saturated heterocycles. The van der Waals surface area contributed by atoms with Crippen molar-refractivity contribution >= 4 is 29.9 Å². The number of nitrogens with zero attached hydrogens (tertiary/aromatic N) is 2. The van der Waals surface area contributed by atoms with Crippen molar-refractivity contribution in [3.05, 3.63) is 48.4 Å². The third kappa shape index (κ3) is 7.25. The molecule has 1 heterocycles. The largest absolute Gasteiger partial charge is 0.497 e. The van der Waals surface area contributed by atoms with E-state index in [-0.39, 0.29) is 24.0 Å². The second-order valence-corrected chi connectivity index (χ2v) is 5.25. The lowest BCUT2D eigenvalue weighted by molar-refractivity contribution is 0.281. The lowest BCUT2D eigenvalue weighted by Crippen LogP contribution is -2.41. The fourth-order valence-electron chi connectivity index (χ4n) is 2.22. The lowest BCUT2D eigenvalue weighted by Gasteiger charge is -2.22. The van der Waals surface area contributed by atoms with Crippen LogP contribution in [0.15, 0.2) is 52.1 Å². The highest BCUT2D eigenvalue weighted by molar-refractivity contribution is 14.0. The molecule has 0 radical (unpaired) electrons. The van der Waals surface area contributed by atoms with Crippen molar-refractivity contribution in [3.8, 4) is 11.5 Å². The van der Waals surface area contributed by atoms with E-state index in [0.717, 1.165) is 42.7 Å². The predicted octanol–water partition coefficient (Wildman–Crippen LogP) is 3.03. The average molecular weight is 459 g/mol. The molecule has 0 aliphatic carbocycles. The van der Waals surface area contributed by atoms with E-state index in [0.29, 0.717) is 6.61 Å². The van der Waals surface area contributed by atoms with Gasteiger partial charge in [-0.2, -0.15) is 0 Å². The van der Waals surface area contributed by atoms with E-state index >= 15 is 0 Å². The van der Waals surface area contributed by atoms with Crippen LogP contribution in [0.2, 0.25) is 0 Å². The van der Waals surface area contributed by atoms with Crippen molar-refractivity contribution < 1.29 is 13.9 Å². The molecule has 2 rings (SSSR count). The molecule has 0 aliphatic heterocycles. The summed E-state index contributed by atoms with van der Waals surface area (Å²) in [6.45, 7) is 2.07. The van der Waals surface area contributed by atoms with Crippen molar-refractivity contribution in [1.29, 1.82) is 0 Å². The molecule has 6 nitrogen and oxygen atoms in total. The Balaban J connectivity index is 0.00000312. The zero-order chi connectivity index (χ0) is 17.2. The van der Waals surface area contributed by atoms with Gasteiger partial charge in [-0.3, -0.25) is 4.99 Å². The minimum absolute atomic E-state index is 0. The highest BCUT2D eigenvalue weighted by Gasteiger charge is 2.06. The van der Waals surface area contributed by atoms with Crippen LogP contribution in [0.1, 0.15) is 5.76 Å². The minimum atomic E-state index is 0. The van der Waals surface area contributed by atoms with Crippen LogP contribution in [0.4, 0.5) is 0 Å². The highest BCUT2D eigenvalue weighted by atomic mass is 127. The van der Waals surface area contributed by atoms with E-state index < -0.39 is 0 Å². The molecule has 0 unspecified atom stereocenters. The fourth-order valence-corrected chi connectivity index (χ4v) is 2.22. The van der Waals surface area contributed by atoms with E-state index in [2.05, 4.69) is 10.3 Å². The molecule has 7 heteroatoms. The number of furan rings is 1. The normalized spacial score (nSPS) is 10.8. The van der Waals surface area contributed by atoms with Crippen LogP contribution < -0.4 is 14.8 Å². The van der Waals surface area contributed by atoms with Crippen LogP contribution in [-0.4, -0.2) is 51.8 Å². The molecule has 1 aromatic heterocycles. The molecule has 0 saturated carbocycles. The van der Waals surface area contributed by atoms with E-state index in [1.54, 1.807) is 20.4 Å². The Labute approximate surface area is 166 Å². The summed E-state index contributed by atoms with van der Waals surface area (Å²) in [5.41, 5.74) is 0. The molecule has 0 bridgehead atoms. The molecule has 2 aromatic rings. The van der Waals surface area contributed by atoms with E-state index in [1.807, 2.05) is 48.3 Å². The van der Waals surface area contributed by atoms with Gasteiger partial charge >= 0.3 is 0 Å². The van der Waals surface area contributed by atoms with Gasteiger partial charge in [-0.15, -0.1) is 24.0 Å². The van der Waals surface area contributed by atoms with E-state index in [1.165, 1.54) is 0 Å². The first kappa shape index (κ1) is 21.1. The van der Waals surface area contributed by atoms with Gasteiger partial charge in [-0.1, -0.05) is 0 Å². The predicted molar refractivity (Wildman–Crippen MR) is 110 cm³/mol. The van der Waals surface area contributed by atoms with Crippen LogP contribution in [0.5, 0.6) is 11.5 Å². The monoisotopic (exact) mass is 459 g/mol. The van der Waals surface area contributed by atoms with Gasteiger partial charge in [0.2, 0.25) is 0 Å². The molecule has 1 N–H and O–H groups in total. The second kappa shape index (κ2) is 11.6. The zero-order valence-electron chi connectivity index (χ0n) is 14.9. The number of methoxy groups -OCH3 is 1. The minimum Gasteiger partial charge on any atom is -0.497 e. The number of benzene rings is 1. The third-order valence-corrected chi connectivity index (χ3v) is 3.56. The van der Waals surface area contributed by atoms with Crippen molar-refractivity contribution in [2.75, 3.05) is 40.9 Å². The zero-order valence-corrected chi connectivity index (χ0v) is 17.2. The maximum Gasteiger partial charge on any atom is 0.193 e. The summed E-state index contributed by atoms with van der Waals surface area (Å²) in [5.74, 6) is 3.44. The molecule has 0 fully saturated rings. The third-order valence-electron chi connectivity index (χ3n) is 3.56. The Morgan fingerprint density at radius 2 is 1.92 bits per heavy atom. The standard InChI is InChI=1S/C18H25N3O3.HI/c1-19-18(20-11-10-16-5-4-13-23-16)21(2)12-14-24-17-8-6-15(22-3)7-9-17;/h4-9,13H,10-12,14H2,1-3H3,(H,19,20);1H. The van der Waals surface area contributed by atoms with Gasteiger partial charge in [-0.05, 0) is 36.4 Å². The average Bonchev–Trinajstić information content (AvgIpc) is 3.12. The molecule has 0 aliphatic rings. The van der Waals surface area contributed by atoms with Gasteiger partial charge in [0.05, 0.1) is 19.9 Å². The number of ether oxygens (including phenoxy) is 2.